The van der Waals surface area contributed by atoms with Crippen molar-refractivity contribution in [3.8, 4) is 0 Å². The second kappa shape index (κ2) is 8.01. The number of anilines is 2. The third kappa shape index (κ3) is 3.86. The molecule has 0 atom stereocenters. The van der Waals surface area contributed by atoms with Gasteiger partial charge in [-0.25, -0.2) is 4.98 Å². The number of carbonyl (C=O) groups excluding carboxylic acids is 1. The summed E-state index contributed by atoms with van der Waals surface area (Å²) in [4.78, 5) is 19.5. The van der Waals surface area contributed by atoms with E-state index in [2.05, 4.69) is 33.6 Å². The molecule has 0 spiro atoms. The molecule has 2 aromatic carbocycles. The van der Waals surface area contributed by atoms with Crippen molar-refractivity contribution in [2.45, 2.75) is 20.4 Å². The van der Waals surface area contributed by atoms with Gasteiger partial charge in [-0.3, -0.25) is 10.1 Å². The first-order chi connectivity index (χ1) is 12.6. The predicted molar refractivity (Wildman–Crippen MR) is 106 cm³/mol. The third-order valence-electron chi connectivity index (χ3n) is 4.59. The second-order valence-corrected chi connectivity index (χ2v) is 6.18. The first kappa shape index (κ1) is 17.9. The van der Waals surface area contributed by atoms with E-state index < -0.39 is 0 Å². The van der Waals surface area contributed by atoms with E-state index in [1.807, 2.05) is 24.3 Å². The van der Waals surface area contributed by atoms with Crippen LogP contribution in [0.25, 0.3) is 11.0 Å². The lowest BCUT2D eigenvalue weighted by atomic mass is 10.2. The first-order valence-corrected chi connectivity index (χ1v) is 8.97. The lowest BCUT2D eigenvalue weighted by Crippen LogP contribution is -2.27. The van der Waals surface area contributed by atoms with Crippen molar-refractivity contribution in [2.24, 2.45) is 0 Å². The normalized spacial score (nSPS) is 11.2. The summed E-state index contributed by atoms with van der Waals surface area (Å²) >= 11 is 0. The van der Waals surface area contributed by atoms with Crippen LogP contribution in [0.1, 0.15) is 24.2 Å². The Morgan fingerprint density at radius 3 is 2.50 bits per heavy atom. The number of benzene rings is 2. The molecule has 1 amide bonds. The van der Waals surface area contributed by atoms with E-state index in [0.29, 0.717) is 17.2 Å². The van der Waals surface area contributed by atoms with Crippen molar-refractivity contribution in [2.75, 3.05) is 30.7 Å². The summed E-state index contributed by atoms with van der Waals surface area (Å²) in [5.41, 5.74) is 8.78. The molecule has 6 heteroatoms. The molecular weight excluding hydrogens is 326 g/mol. The fraction of sp³-hybridized carbons (Fsp3) is 0.300. The minimum absolute atomic E-state index is 0.190. The van der Waals surface area contributed by atoms with Crippen LogP contribution in [-0.2, 0) is 6.54 Å². The molecule has 0 unspecified atom stereocenters. The molecule has 0 saturated carbocycles. The van der Waals surface area contributed by atoms with Crippen LogP contribution in [0.4, 0.5) is 11.6 Å². The van der Waals surface area contributed by atoms with Gasteiger partial charge in [0.05, 0.1) is 11.0 Å². The van der Waals surface area contributed by atoms with Crippen LogP contribution in [0.2, 0.25) is 0 Å². The van der Waals surface area contributed by atoms with Crippen molar-refractivity contribution >= 4 is 28.6 Å². The van der Waals surface area contributed by atoms with Crippen molar-refractivity contribution in [3.05, 3.63) is 54.1 Å². The van der Waals surface area contributed by atoms with Crippen LogP contribution in [0.3, 0.4) is 0 Å². The van der Waals surface area contributed by atoms with E-state index in [0.717, 1.165) is 37.2 Å². The molecular formula is C20H25N5O. The molecule has 0 aliphatic carbocycles. The van der Waals surface area contributed by atoms with E-state index in [1.54, 1.807) is 24.3 Å². The highest BCUT2D eigenvalue weighted by molar-refractivity contribution is 6.04. The van der Waals surface area contributed by atoms with Crippen LogP contribution >= 0.6 is 0 Å². The van der Waals surface area contributed by atoms with Crippen LogP contribution in [0.15, 0.2) is 48.5 Å². The van der Waals surface area contributed by atoms with Gasteiger partial charge in [-0.15, -0.1) is 0 Å². The Labute approximate surface area is 153 Å². The summed E-state index contributed by atoms with van der Waals surface area (Å²) in [6, 6.07) is 14.8. The lowest BCUT2D eigenvalue weighted by Gasteiger charge is -2.19. The number of fused-ring (bicyclic) bond motifs is 1. The Hall–Kier alpha value is -2.86. The fourth-order valence-electron chi connectivity index (χ4n) is 2.99. The summed E-state index contributed by atoms with van der Waals surface area (Å²) in [5, 5.41) is 2.95. The summed E-state index contributed by atoms with van der Waals surface area (Å²) < 4.78 is 2.07. The van der Waals surface area contributed by atoms with Crippen LogP contribution < -0.4 is 11.1 Å². The van der Waals surface area contributed by atoms with Gasteiger partial charge in [0, 0.05) is 24.3 Å². The number of imidazole rings is 1. The van der Waals surface area contributed by atoms with Gasteiger partial charge >= 0.3 is 0 Å². The van der Waals surface area contributed by atoms with Crippen LogP contribution in [0, 0.1) is 0 Å². The van der Waals surface area contributed by atoms with Gasteiger partial charge in [-0.1, -0.05) is 26.0 Å². The minimum Gasteiger partial charge on any atom is -0.399 e. The number of amides is 1. The largest absolute Gasteiger partial charge is 0.399 e. The number of rotatable bonds is 7. The van der Waals surface area contributed by atoms with Crippen molar-refractivity contribution in [1.82, 2.24) is 14.5 Å². The molecule has 136 valence electrons. The number of hydrogen-bond donors (Lipinski definition) is 2. The zero-order valence-corrected chi connectivity index (χ0v) is 15.3. The average molecular weight is 351 g/mol. The van der Waals surface area contributed by atoms with E-state index >= 15 is 0 Å². The molecule has 0 bridgehead atoms. The van der Waals surface area contributed by atoms with E-state index in [-0.39, 0.29) is 5.91 Å². The number of para-hydroxylation sites is 2. The smallest absolute Gasteiger partial charge is 0.257 e. The maximum Gasteiger partial charge on any atom is 0.257 e. The van der Waals surface area contributed by atoms with Gasteiger partial charge in [0.2, 0.25) is 5.95 Å². The maximum atomic E-state index is 12.6. The molecule has 1 aromatic heterocycles. The molecule has 0 fully saturated rings. The molecule has 3 N–H and O–H groups in total. The zero-order chi connectivity index (χ0) is 18.5. The van der Waals surface area contributed by atoms with Gasteiger partial charge < -0.3 is 15.2 Å². The second-order valence-electron chi connectivity index (χ2n) is 6.18. The van der Waals surface area contributed by atoms with Crippen molar-refractivity contribution in [1.29, 1.82) is 0 Å². The maximum absolute atomic E-state index is 12.6. The SMILES string of the molecule is CCN(CC)CCn1c(NC(=O)c2ccc(N)cc2)nc2ccccc21. The molecule has 0 radical (unpaired) electrons. The molecule has 0 saturated heterocycles. The van der Waals surface area contributed by atoms with E-state index in [1.165, 1.54) is 0 Å². The number of nitrogens with one attached hydrogen (secondary N) is 1. The van der Waals surface area contributed by atoms with Crippen LogP contribution in [-0.4, -0.2) is 40.0 Å². The summed E-state index contributed by atoms with van der Waals surface area (Å²) in [5.74, 6) is 0.379. The van der Waals surface area contributed by atoms with E-state index in [4.69, 9.17) is 5.73 Å². The lowest BCUT2D eigenvalue weighted by molar-refractivity contribution is 0.102. The Kier molecular flexibility index (Phi) is 5.53. The van der Waals surface area contributed by atoms with Crippen LogP contribution in [0.5, 0.6) is 0 Å². The zero-order valence-electron chi connectivity index (χ0n) is 15.3. The molecule has 26 heavy (non-hydrogen) atoms. The highest BCUT2D eigenvalue weighted by Crippen LogP contribution is 2.20. The van der Waals surface area contributed by atoms with E-state index in [9.17, 15) is 4.79 Å². The fourth-order valence-corrected chi connectivity index (χ4v) is 2.99. The summed E-state index contributed by atoms with van der Waals surface area (Å²) in [7, 11) is 0. The first-order valence-electron chi connectivity index (χ1n) is 8.97. The highest BCUT2D eigenvalue weighted by Gasteiger charge is 2.15. The Bertz CT molecular complexity index is 881. The Balaban J connectivity index is 1.87. The number of nitrogen functional groups attached to an aromatic ring is 1. The Morgan fingerprint density at radius 2 is 1.81 bits per heavy atom. The number of carbonyl (C=O) groups is 1. The molecule has 3 aromatic rings. The topological polar surface area (TPSA) is 76.2 Å². The number of aromatic nitrogens is 2. The summed E-state index contributed by atoms with van der Waals surface area (Å²) in [6.45, 7) is 7.96. The number of hydrogen-bond acceptors (Lipinski definition) is 4. The number of nitrogens with two attached hydrogens (primary N) is 1. The van der Waals surface area contributed by atoms with Gasteiger partial charge in [-0.05, 0) is 49.5 Å². The predicted octanol–water partition coefficient (Wildman–Crippen LogP) is 3.21. The monoisotopic (exact) mass is 351 g/mol. The Morgan fingerprint density at radius 1 is 1.12 bits per heavy atom. The number of likely N-dealkylation sites (N-methyl/N-ethyl adjacent to an activating group) is 1. The molecule has 3 rings (SSSR count). The minimum atomic E-state index is -0.190. The van der Waals surface area contributed by atoms with Gasteiger partial charge in [-0.2, -0.15) is 0 Å². The van der Waals surface area contributed by atoms with Crippen molar-refractivity contribution in [3.63, 3.8) is 0 Å². The summed E-state index contributed by atoms with van der Waals surface area (Å²) in [6.07, 6.45) is 0. The number of nitrogens with zero attached hydrogens (tertiary/aromatic N) is 3. The van der Waals surface area contributed by atoms with Gasteiger partial charge in [0.15, 0.2) is 0 Å². The van der Waals surface area contributed by atoms with Gasteiger partial charge in [0.25, 0.3) is 5.91 Å². The van der Waals surface area contributed by atoms with Gasteiger partial charge in [0.1, 0.15) is 0 Å². The average Bonchev–Trinajstić information content (AvgIpc) is 3.00. The molecule has 0 aliphatic rings. The molecule has 1 heterocycles. The molecule has 6 nitrogen and oxygen atoms in total. The molecule has 0 aliphatic heterocycles. The van der Waals surface area contributed by atoms with Crippen molar-refractivity contribution < 1.29 is 4.79 Å². The third-order valence-corrected chi connectivity index (χ3v) is 4.59. The standard InChI is InChI=1S/C20H25N5O/c1-3-24(4-2)13-14-25-18-8-6-5-7-17(18)22-20(25)23-19(26)15-9-11-16(21)12-10-15/h5-12H,3-4,13-14,21H2,1-2H3,(H,22,23,26). The quantitative estimate of drug-likeness (QED) is 0.641. The highest BCUT2D eigenvalue weighted by atomic mass is 16.1.